The zero-order chi connectivity index (χ0) is 19.2. The van der Waals surface area contributed by atoms with Crippen LogP contribution in [0.15, 0.2) is 18.2 Å². The fourth-order valence-corrected chi connectivity index (χ4v) is 3.88. The lowest BCUT2D eigenvalue weighted by Crippen LogP contribution is -2.14. The molecule has 1 aromatic rings. The van der Waals surface area contributed by atoms with Crippen LogP contribution in [0.25, 0.3) is 0 Å². The Hall–Kier alpha value is -1.31. The number of hydrogen-bond acceptors (Lipinski definition) is 1. The minimum atomic E-state index is -0.575. The Bertz CT molecular complexity index is 591. The molecule has 1 aromatic carbocycles. The molecule has 146 valence electrons. The first-order chi connectivity index (χ1) is 12.2. The first-order valence-corrected chi connectivity index (χ1v) is 10.5. The molecule has 1 N–H and O–H groups in total. The molecule has 2 rings (SSSR count). The third-order valence-electron chi connectivity index (χ3n) is 5.89. The van der Waals surface area contributed by atoms with Crippen LogP contribution in [0.1, 0.15) is 95.2 Å². The Kier molecular flexibility index (Phi) is 7.32. The Balaban J connectivity index is 1.75. The summed E-state index contributed by atoms with van der Waals surface area (Å²) in [5, 5.41) is 9.26. The van der Waals surface area contributed by atoms with E-state index < -0.39 is 5.97 Å². The van der Waals surface area contributed by atoms with Gasteiger partial charge in [0.25, 0.3) is 0 Å². The van der Waals surface area contributed by atoms with Gasteiger partial charge in [-0.1, -0.05) is 63.8 Å². The molecule has 0 radical (unpaired) electrons. The summed E-state index contributed by atoms with van der Waals surface area (Å²) in [6, 6.07) is 6.93. The van der Waals surface area contributed by atoms with Crippen molar-refractivity contribution >= 4 is 5.97 Å². The van der Waals surface area contributed by atoms with Crippen molar-refractivity contribution in [3.63, 3.8) is 0 Å². The van der Waals surface area contributed by atoms with Crippen molar-refractivity contribution < 1.29 is 9.90 Å². The molecular weight excluding hydrogens is 320 g/mol. The maximum atomic E-state index is 11.2. The van der Waals surface area contributed by atoms with E-state index in [1.54, 1.807) is 0 Å². The van der Waals surface area contributed by atoms with Crippen LogP contribution < -0.4 is 0 Å². The maximum absolute atomic E-state index is 11.2. The van der Waals surface area contributed by atoms with E-state index in [0.29, 0.717) is 5.41 Å². The van der Waals surface area contributed by atoms with Crippen LogP contribution in [-0.4, -0.2) is 11.1 Å². The van der Waals surface area contributed by atoms with Gasteiger partial charge >= 0.3 is 5.97 Å². The standard InChI is InChI=1S/C24H38O2/c1-19-12-13-20(10-7-9-14-23(2,3)4)21(18-19)11-6-5-8-15-24(16-17-24)22(25)26/h12-13,18H,5-11,14-17H2,1-4H3,(H,25,26). The van der Waals surface area contributed by atoms with Gasteiger partial charge in [0, 0.05) is 0 Å². The molecule has 0 aromatic heterocycles. The van der Waals surface area contributed by atoms with Gasteiger partial charge in [0.05, 0.1) is 5.41 Å². The molecular formula is C24H38O2. The number of aliphatic carboxylic acids is 1. The first-order valence-electron chi connectivity index (χ1n) is 10.5. The third kappa shape index (κ3) is 6.78. The molecule has 2 nitrogen and oxygen atoms in total. The fraction of sp³-hybridized carbons (Fsp3) is 0.708. The summed E-state index contributed by atoms with van der Waals surface area (Å²) in [5.74, 6) is -0.575. The Morgan fingerprint density at radius 2 is 1.65 bits per heavy atom. The average molecular weight is 359 g/mol. The van der Waals surface area contributed by atoms with E-state index in [1.807, 2.05) is 0 Å². The molecule has 0 unspecified atom stereocenters. The summed E-state index contributed by atoms with van der Waals surface area (Å²) >= 11 is 0. The lowest BCUT2D eigenvalue weighted by molar-refractivity contribution is -0.143. The van der Waals surface area contributed by atoms with Crippen LogP contribution >= 0.6 is 0 Å². The quantitative estimate of drug-likeness (QED) is 0.446. The lowest BCUT2D eigenvalue weighted by Gasteiger charge is -2.18. The van der Waals surface area contributed by atoms with Gasteiger partial charge in [0.15, 0.2) is 0 Å². The van der Waals surface area contributed by atoms with E-state index in [2.05, 4.69) is 45.9 Å². The van der Waals surface area contributed by atoms with Gasteiger partial charge in [-0.2, -0.15) is 0 Å². The number of carboxylic acids is 1. The van der Waals surface area contributed by atoms with Crippen molar-refractivity contribution in [2.45, 2.75) is 98.3 Å². The topological polar surface area (TPSA) is 37.3 Å². The second-order valence-corrected chi connectivity index (χ2v) is 9.69. The average Bonchev–Trinajstić information content (AvgIpc) is 3.33. The number of aryl methyl sites for hydroxylation is 3. The Labute approximate surface area is 160 Å². The molecule has 0 aliphatic heterocycles. The highest BCUT2D eigenvalue weighted by atomic mass is 16.4. The molecule has 0 heterocycles. The van der Waals surface area contributed by atoms with E-state index in [4.69, 9.17) is 0 Å². The van der Waals surface area contributed by atoms with E-state index in [9.17, 15) is 9.90 Å². The molecule has 0 spiro atoms. The van der Waals surface area contributed by atoms with Crippen molar-refractivity contribution in [2.24, 2.45) is 10.8 Å². The minimum absolute atomic E-state index is 0.346. The molecule has 1 saturated carbocycles. The zero-order valence-corrected chi connectivity index (χ0v) is 17.4. The first kappa shape index (κ1) is 21.0. The number of carbonyl (C=O) groups is 1. The minimum Gasteiger partial charge on any atom is -0.481 e. The summed E-state index contributed by atoms with van der Waals surface area (Å²) in [4.78, 5) is 11.2. The predicted molar refractivity (Wildman–Crippen MR) is 110 cm³/mol. The van der Waals surface area contributed by atoms with Crippen molar-refractivity contribution in [1.29, 1.82) is 0 Å². The third-order valence-corrected chi connectivity index (χ3v) is 5.89. The van der Waals surface area contributed by atoms with Gasteiger partial charge in [-0.15, -0.1) is 0 Å². The maximum Gasteiger partial charge on any atom is 0.309 e. The summed E-state index contributed by atoms with van der Waals surface area (Å²) in [6.07, 6.45) is 12.2. The number of hydrogen-bond donors (Lipinski definition) is 1. The normalized spacial score (nSPS) is 15.8. The van der Waals surface area contributed by atoms with Crippen LogP contribution in [0.3, 0.4) is 0 Å². The van der Waals surface area contributed by atoms with E-state index in [0.717, 1.165) is 38.5 Å². The van der Waals surface area contributed by atoms with Crippen LogP contribution in [-0.2, 0) is 17.6 Å². The lowest BCUT2D eigenvalue weighted by atomic mass is 9.88. The summed E-state index contributed by atoms with van der Waals surface area (Å²) < 4.78 is 0. The van der Waals surface area contributed by atoms with E-state index in [1.165, 1.54) is 48.8 Å². The summed E-state index contributed by atoms with van der Waals surface area (Å²) in [6.45, 7) is 9.14. The highest BCUT2D eigenvalue weighted by molar-refractivity contribution is 5.77. The van der Waals surface area contributed by atoms with Crippen molar-refractivity contribution in [3.8, 4) is 0 Å². The second-order valence-electron chi connectivity index (χ2n) is 9.69. The van der Waals surface area contributed by atoms with Crippen molar-refractivity contribution in [1.82, 2.24) is 0 Å². The van der Waals surface area contributed by atoms with Crippen LogP contribution in [0.2, 0.25) is 0 Å². The number of unbranched alkanes of at least 4 members (excludes halogenated alkanes) is 3. The van der Waals surface area contributed by atoms with Crippen LogP contribution in [0.5, 0.6) is 0 Å². The van der Waals surface area contributed by atoms with Crippen LogP contribution in [0.4, 0.5) is 0 Å². The Morgan fingerprint density at radius 1 is 1.00 bits per heavy atom. The number of rotatable bonds is 11. The van der Waals surface area contributed by atoms with E-state index >= 15 is 0 Å². The number of benzene rings is 1. The molecule has 1 aliphatic rings. The molecule has 0 saturated heterocycles. The van der Waals surface area contributed by atoms with Gasteiger partial charge in [0.2, 0.25) is 0 Å². The van der Waals surface area contributed by atoms with E-state index in [-0.39, 0.29) is 5.41 Å². The highest BCUT2D eigenvalue weighted by Gasteiger charge is 2.49. The number of carboxylic acid groups (broad SMARTS) is 1. The van der Waals surface area contributed by atoms with Crippen molar-refractivity contribution in [3.05, 3.63) is 34.9 Å². The van der Waals surface area contributed by atoms with Crippen LogP contribution in [0, 0.1) is 17.8 Å². The highest BCUT2D eigenvalue weighted by Crippen LogP contribution is 2.50. The zero-order valence-electron chi connectivity index (χ0n) is 17.4. The van der Waals surface area contributed by atoms with Gasteiger partial charge in [-0.25, -0.2) is 0 Å². The molecule has 0 amide bonds. The SMILES string of the molecule is Cc1ccc(CCCCC(C)(C)C)c(CCCCCC2(C(=O)O)CC2)c1. The molecule has 1 fully saturated rings. The molecule has 0 atom stereocenters. The molecule has 0 bridgehead atoms. The second kappa shape index (κ2) is 9.06. The van der Waals surface area contributed by atoms with Gasteiger partial charge in [0.1, 0.15) is 0 Å². The monoisotopic (exact) mass is 358 g/mol. The predicted octanol–water partition coefficient (Wildman–Crippen LogP) is 6.72. The van der Waals surface area contributed by atoms with Crippen molar-refractivity contribution in [2.75, 3.05) is 0 Å². The van der Waals surface area contributed by atoms with Gasteiger partial charge in [-0.05, 0) is 74.8 Å². The van der Waals surface area contributed by atoms with Gasteiger partial charge < -0.3 is 5.11 Å². The molecule has 26 heavy (non-hydrogen) atoms. The van der Waals surface area contributed by atoms with Gasteiger partial charge in [-0.3, -0.25) is 4.79 Å². The smallest absolute Gasteiger partial charge is 0.309 e. The molecule has 1 aliphatic carbocycles. The fourth-order valence-electron chi connectivity index (χ4n) is 3.88. The Morgan fingerprint density at radius 3 is 2.27 bits per heavy atom. The summed E-state index contributed by atoms with van der Waals surface area (Å²) in [5.41, 5.74) is 4.47. The summed E-state index contributed by atoms with van der Waals surface area (Å²) in [7, 11) is 0. The molecule has 2 heteroatoms. The largest absolute Gasteiger partial charge is 0.481 e.